The molecule has 0 saturated carbocycles. The first-order chi connectivity index (χ1) is 6.61. The highest BCUT2D eigenvalue weighted by atomic mass is 16.4. The lowest BCUT2D eigenvalue weighted by Crippen LogP contribution is -2.00. The molecule has 0 unspecified atom stereocenters. The predicted molar refractivity (Wildman–Crippen MR) is 50.6 cm³/mol. The van der Waals surface area contributed by atoms with E-state index in [0.29, 0.717) is 10.9 Å². The molecule has 0 fully saturated rings. The van der Waals surface area contributed by atoms with E-state index in [1.165, 1.54) is 6.07 Å². The molecule has 2 rings (SSSR count). The Morgan fingerprint density at radius 2 is 2.00 bits per heavy atom. The smallest absolute Gasteiger partial charge is 0.379 e. The van der Waals surface area contributed by atoms with Crippen LogP contribution >= 0.6 is 0 Å². The average Bonchev–Trinajstić information content (AvgIpc) is 2.14. The molecule has 0 saturated heterocycles. The third kappa shape index (κ3) is 1.04. The third-order valence-electron chi connectivity index (χ3n) is 2.13. The second kappa shape index (κ2) is 2.77. The Balaban J connectivity index is 3.07. The Bertz CT molecular complexity index is 554. The van der Waals surface area contributed by atoms with E-state index in [4.69, 9.17) is 4.42 Å². The van der Waals surface area contributed by atoms with Crippen molar-refractivity contribution < 1.29 is 14.6 Å². The lowest BCUT2D eigenvalue weighted by molar-refractivity contribution is 0.422. The molecule has 1 aromatic heterocycles. The van der Waals surface area contributed by atoms with Crippen molar-refractivity contribution in [1.82, 2.24) is 0 Å². The molecule has 1 aromatic carbocycles. The van der Waals surface area contributed by atoms with Crippen molar-refractivity contribution in [2.45, 2.75) is 6.92 Å². The van der Waals surface area contributed by atoms with Crippen molar-refractivity contribution in [1.29, 1.82) is 0 Å². The van der Waals surface area contributed by atoms with Crippen molar-refractivity contribution in [3.8, 4) is 11.5 Å². The van der Waals surface area contributed by atoms with E-state index in [0.717, 1.165) is 0 Å². The molecule has 72 valence electrons. The normalized spacial score (nSPS) is 10.6. The fourth-order valence-electron chi connectivity index (χ4n) is 1.40. The molecule has 0 radical (unpaired) electrons. The summed E-state index contributed by atoms with van der Waals surface area (Å²) in [6, 6.07) is 4.59. The molecular weight excluding hydrogens is 184 g/mol. The lowest BCUT2D eigenvalue weighted by atomic mass is 10.1. The van der Waals surface area contributed by atoms with Gasteiger partial charge >= 0.3 is 5.63 Å². The number of aromatic hydroxyl groups is 2. The van der Waals surface area contributed by atoms with Crippen molar-refractivity contribution in [2.75, 3.05) is 0 Å². The maximum absolute atomic E-state index is 11.1. The van der Waals surface area contributed by atoms with Gasteiger partial charge < -0.3 is 14.6 Å². The maximum Gasteiger partial charge on any atom is 0.379 e. The fourth-order valence-corrected chi connectivity index (χ4v) is 1.40. The Morgan fingerprint density at radius 1 is 1.29 bits per heavy atom. The molecule has 0 aliphatic rings. The largest absolute Gasteiger partial charge is 0.507 e. The topological polar surface area (TPSA) is 70.7 Å². The monoisotopic (exact) mass is 192 g/mol. The zero-order valence-electron chi connectivity index (χ0n) is 7.44. The quantitative estimate of drug-likeness (QED) is 0.620. The minimum absolute atomic E-state index is 0.0148. The number of phenols is 1. The van der Waals surface area contributed by atoms with Crippen LogP contribution in [0.2, 0.25) is 0 Å². The number of rotatable bonds is 0. The van der Waals surface area contributed by atoms with E-state index in [9.17, 15) is 15.0 Å². The van der Waals surface area contributed by atoms with Crippen molar-refractivity contribution in [3.63, 3.8) is 0 Å². The molecule has 1 heterocycles. The zero-order valence-corrected chi connectivity index (χ0v) is 7.44. The molecule has 0 spiro atoms. The number of fused-ring (bicyclic) bond motifs is 1. The summed E-state index contributed by atoms with van der Waals surface area (Å²) in [5.41, 5.74) is -0.194. The summed E-state index contributed by atoms with van der Waals surface area (Å²) in [6.07, 6.45) is 0. The average molecular weight is 192 g/mol. The first kappa shape index (κ1) is 8.62. The molecule has 0 bridgehead atoms. The van der Waals surface area contributed by atoms with Gasteiger partial charge in [0.2, 0.25) is 5.75 Å². The molecule has 14 heavy (non-hydrogen) atoms. The van der Waals surface area contributed by atoms with Crippen LogP contribution in [0, 0.1) is 6.92 Å². The van der Waals surface area contributed by atoms with Gasteiger partial charge in [0.15, 0.2) is 0 Å². The first-order valence-electron chi connectivity index (χ1n) is 4.05. The van der Waals surface area contributed by atoms with E-state index in [1.807, 2.05) is 0 Å². The van der Waals surface area contributed by atoms with Gasteiger partial charge in [-0.3, -0.25) is 0 Å². The number of phenolic OH excluding ortho intramolecular Hbond substituents is 1. The summed E-state index contributed by atoms with van der Waals surface area (Å²) in [5.74, 6) is -0.474. The van der Waals surface area contributed by atoms with E-state index < -0.39 is 11.4 Å². The molecule has 4 nitrogen and oxygen atoms in total. The molecule has 4 heteroatoms. The van der Waals surface area contributed by atoms with Crippen molar-refractivity contribution >= 4 is 11.0 Å². The third-order valence-corrected chi connectivity index (χ3v) is 2.13. The number of aryl methyl sites for hydroxylation is 1. The maximum atomic E-state index is 11.1. The summed E-state index contributed by atoms with van der Waals surface area (Å²) < 4.78 is 4.79. The van der Waals surface area contributed by atoms with Crippen molar-refractivity contribution in [2.24, 2.45) is 0 Å². The van der Waals surface area contributed by atoms with E-state index in [-0.39, 0.29) is 11.3 Å². The minimum Gasteiger partial charge on any atom is -0.507 e. The Kier molecular flexibility index (Phi) is 1.70. The van der Waals surface area contributed by atoms with E-state index in [1.54, 1.807) is 19.1 Å². The summed E-state index contributed by atoms with van der Waals surface area (Å²) in [4.78, 5) is 11.1. The fraction of sp³-hybridized carbons (Fsp3) is 0.100. The summed E-state index contributed by atoms with van der Waals surface area (Å²) in [6.45, 7) is 1.55. The van der Waals surface area contributed by atoms with Crippen LogP contribution in [0.1, 0.15) is 5.56 Å². The van der Waals surface area contributed by atoms with E-state index >= 15 is 0 Å². The highest BCUT2D eigenvalue weighted by Gasteiger charge is 2.12. The van der Waals surface area contributed by atoms with Crippen LogP contribution in [-0.2, 0) is 0 Å². The van der Waals surface area contributed by atoms with Gasteiger partial charge in [0.1, 0.15) is 11.3 Å². The van der Waals surface area contributed by atoms with Crippen LogP contribution in [-0.4, -0.2) is 10.2 Å². The number of hydrogen-bond acceptors (Lipinski definition) is 4. The molecule has 2 aromatic rings. The predicted octanol–water partition coefficient (Wildman–Crippen LogP) is 1.51. The van der Waals surface area contributed by atoms with Gasteiger partial charge in [-0.15, -0.1) is 0 Å². The zero-order chi connectivity index (χ0) is 10.3. The molecule has 0 amide bonds. The Morgan fingerprint density at radius 3 is 2.71 bits per heavy atom. The molecule has 0 atom stereocenters. The van der Waals surface area contributed by atoms with Crippen LogP contribution in [0.5, 0.6) is 11.5 Å². The van der Waals surface area contributed by atoms with Crippen LogP contribution in [0.4, 0.5) is 0 Å². The van der Waals surface area contributed by atoms with Crippen LogP contribution in [0.25, 0.3) is 11.0 Å². The minimum atomic E-state index is -0.791. The van der Waals surface area contributed by atoms with Crippen LogP contribution < -0.4 is 5.63 Å². The molecule has 0 aliphatic carbocycles. The second-order valence-corrected chi connectivity index (χ2v) is 3.01. The standard InChI is InChI=1S/C10H8O4/c1-5-8-6(11)3-2-4-7(8)14-10(13)9(5)12/h2-4,11-12H,1H3. The number of hydrogen-bond donors (Lipinski definition) is 2. The number of benzene rings is 1. The van der Waals surface area contributed by atoms with Gasteiger partial charge in [-0.05, 0) is 19.1 Å². The van der Waals surface area contributed by atoms with Gasteiger partial charge in [0, 0.05) is 5.56 Å². The Hall–Kier alpha value is -1.97. The summed E-state index contributed by atoms with van der Waals surface area (Å²) in [5, 5.41) is 19.2. The van der Waals surface area contributed by atoms with Gasteiger partial charge in [-0.1, -0.05) is 6.07 Å². The summed E-state index contributed by atoms with van der Waals surface area (Å²) in [7, 11) is 0. The van der Waals surface area contributed by atoms with Gasteiger partial charge in [0.25, 0.3) is 0 Å². The van der Waals surface area contributed by atoms with E-state index in [2.05, 4.69) is 0 Å². The van der Waals surface area contributed by atoms with Crippen LogP contribution in [0.3, 0.4) is 0 Å². The molecule has 0 aliphatic heterocycles. The lowest BCUT2D eigenvalue weighted by Gasteiger charge is -2.03. The van der Waals surface area contributed by atoms with Gasteiger partial charge in [0.05, 0.1) is 5.39 Å². The van der Waals surface area contributed by atoms with Crippen LogP contribution in [0.15, 0.2) is 27.4 Å². The highest BCUT2D eigenvalue weighted by Crippen LogP contribution is 2.29. The Labute approximate surface area is 79.0 Å². The van der Waals surface area contributed by atoms with Gasteiger partial charge in [-0.25, -0.2) is 4.79 Å². The molecular formula is C10H8O4. The first-order valence-corrected chi connectivity index (χ1v) is 4.05. The molecule has 2 N–H and O–H groups in total. The summed E-state index contributed by atoms with van der Waals surface area (Å²) >= 11 is 0. The highest BCUT2D eigenvalue weighted by molar-refractivity contribution is 5.87. The van der Waals surface area contributed by atoms with Gasteiger partial charge in [-0.2, -0.15) is 0 Å². The van der Waals surface area contributed by atoms with Crippen molar-refractivity contribution in [3.05, 3.63) is 34.2 Å². The SMILES string of the molecule is Cc1c(O)c(=O)oc2cccc(O)c12. The second-order valence-electron chi connectivity index (χ2n) is 3.01.